The second-order valence-electron chi connectivity index (χ2n) is 7.51. The van der Waals surface area contributed by atoms with Gasteiger partial charge in [0.1, 0.15) is 5.75 Å². The molecule has 0 aliphatic rings. The van der Waals surface area contributed by atoms with Crippen molar-refractivity contribution in [3.63, 3.8) is 0 Å². The van der Waals surface area contributed by atoms with Crippen LogP contribution in [0.15, 0.2) is 82.8 Å². The predicted molar refractivity (Wildman–Crippen MR) is 134 cm³/mol. The number of carbonyl (C=O) groups excluding carboxylic acids is 1. The normalized spacial score (nSPS) is 11.6. The summed E-state index contributed by atoms with van der Waals surface area (Å²) in [7, 11) is -3.96. The first-order valence-corrected chi connectivity index (χ1v) is 12.5. The monoisotopic (exact) mass is 499 g/mol. The Morgan fingerprint density at radius 2 is 1.79 bits per heavy atom. The molecule has 0 heterocycles. The molecule has 0 unspecified atom stereocenters. The van der Waals surface area contributed by atoms with E-state index >= 15 is 0 Å². The van der Waals surface area contributed by atoms with Crippen LogP contribution in [0.3, 0.4) is 0 Å². The molecule has 0 saturated carbocycles. The molecule has 0 aliphatic carbocycles. The third-order valence-electron chi connectivity index (χ3n) is 4.81. The van der Waals surface area contributed by atoms with E-state index in [2.05, 4.69) is 10.5 Å². The fourth-order valence-electron chi connectivity index (χ4n) is 3.19. The second kappa shape index (κ2) is 11.8. The number of carbonyl (C=O) groups is 1. The molecule has 3 rings (SSSR count). The molecule has 0 atom stereocenters. The average molecular weight is 500 g/mol. The van der Waals surface area contributed by atoms with Crippen molar-refractivity contribution in [2.45, 2.75) is 25.3 Å². The maximum Gasteiger partial charge on any atom is 0.255 e. The summed E-state index contributed by atoms with van der Waals surface area (Å²) < 4.78 is 33.1. The van der Waals surface area contributed by atoms with Crippen LogP contribution in [-0.4, -0.2) is 38.0 Å². The van der Waals surface area contributed by atoms with E-state index in [0.29, 0.717) is 11.6 Å². The molecule has 1 N–H and O–H groups in total. The summed E-state index contributed by atoms with van der Waals surface area (Å²) in [5, 5.41) is 4.38. The molecule has 1 amide bonds. The SMILES string of the molecule is CCOc1ccc(/C=N\NC(=O)CN(Cc2cccc(C)c2)S(=O)(=O)c2ccc(Cl)cc2)cc1. The van der Waals surface area contributed by atoms with Crippen molar-refractivity contribution in [1.82, 2.24) is 9.73 Å². The molecule has 9 heteroatoms. The van der Waals surface area contributed by atoms with Crippen molar-refractivity contribution >= 4 is 33.7 Å². The van der Waals surface area contributed by atoms with E-state index in [-0.39, 0.29) is 11.4 Å². The summed E-state index contributed by atoms with van der Waals surface area (Å²) in [6.07, 6.45) is 1.48. The molecular formula is C25H26ClN3O4S. The summed E-state index contributed by atoms with van der Waals surface area (Å²) in [4.78, 5) is 12.7. The van der Waals surface area contributed by atoms with Crippen LogP contribution in [-0.2, 0) is 21.4 Å². The number of nitrogens with zero attached hydrogens (tertiary/aromatic N) is 2. The minimum atomic E-state index is -3.96. The van der Waals surface area contributed by atoms with E-state index in [0.717, 1.165) is 26.7 Å². The molecule has 0 bridgehead atoms. The van der Waals surface area contributed by atoms with E-state index < -0.39 is 22.5 Å². The van der Waals surface area contributed by atoms with Gasteiger partial charge in [-0.05, 0) is 73.5 Å². The van der Waals surface area contributed by atoms with Gasteiger partial charge in [-0.1, -0.05) is 41.4 Å². The maximum atomic E-state index is 13.3. The van der Waals surface area contributed by atoms with Crippen LogP contribution in [0.4, 0.5) is 0 Å². The number of hydrazone groups is 1. The molecule has 3 aromatic rings. The fourth-order valence-corrected chi connectivity index (χ4v) is 4.70. The van der Waals surface area contributed by atoms with Gasteiger partial charge in [0.15, 0.2) is 0 Å². The Balaban J connectivity index is 1.74. The zero-order valence-electron chi connectivity index (χ0n) is 18.9. The van der Waals surface area contributed by atoms with Gasteiger partial charge >= 0.3 is 0 Å². The van der Waals surface area contributed by atoms with E-state index in [9.17, 15) is 13.2 Å². The summed E-state index contributed by atoms with van der Waals surface area (Å²) >= 11 is 5.91. The lowest BCUT2D eigenvalue weighted by molar-refractivity contribution is -0.121. The third kappa shape index (κ3) is 7.15. The summed E-state index contributed by atoms with van der Waals surface area (Å²) in [6.45, 7) is 4.02. The van der Waals surface area contributed by atoms with Crippen LogP contribution in [0.5, 0.6) is 5.75 Å². The zero-order chi connectivity index (χ0) is 24.6. The third-order valence-corrected chi connectivity index (χ3v) is 6.86. The molecule has 0 fully saturated rings. The molecule has 3 aromatic carbocycles. The molecule has 34 heavy (non-hydrogen) atoms. The molecule has 0 radical (unpaired) electrons. The number of halogens is 1. The standard InChI is InChI=1S/C25H26ClN3O4S/c1-3-33-23-11-7-20(8-12-23)16-27-28-25(30)18-29(17-21-6-4-5-19(2)15-21)34(31,32)24-13-9-22(26)10-14-24/h4-16H,3,17-18H2,1-2H3,(H,28,30)/b27-16-. The lowest BCUT2D eigenvalue weighted by Gasteiger charge is -2.21. The topological polar surface area (TPSA) is 88.1 Å². The largest absolute Gasteiger partial charge is 0.494 e. The van der Waals surface area contributed by atoms with Crippen LogP contribution in [0.1, 0.15) is 23.6 Å². The molecule has 0 saturated heterocycles. The van der Waals surface area contributed by atoms with Gasteiger partial charge in [-0.2, -0.15) is 9.41 Å². The zero-order valence-corrected chi connectivity index (χ0v) is 20.5. The smallest absolute Gasteiger partial charge is 0.255 e. The summed E-state index contributed by atoms with van der Waals surface area (Å²) in [5.41, 5.74) is 4.92. The van der Waals surface area contributed by atoms with Crippen molar-refractivity contribution in [1.29, 1.82) is 0 Å². The highest BCUT2D eigenvalue weighted by molar-refractivity contribution is 7.89. The van der Waals surface area contributed by atoms with Crippen molar-refractivity contribution in [3.8, 4) is 5.75 Å². The predicted octanol–water partition coefficient (Wildman–Crippen LogP) is 4.39. The Morgan fingerprint density at radius 3 is 2.44 bits per heavy atom. The van der Waals surface area contributed by atoms with Crippen LogP contribution in [0, 0.1) is 6.92 Å². The fraction of sp³-hybridized carbons (Fsp3) is 0.200. The number of nitrogens with one attached hydrogen (secondary N) is 1. The molecular weight excluding hydrogens is 474 g/mol. The van der Waals surface area contributed by atoms with E-state index in [1.165, 1.54) is 30.5 Å². The Morgan fingerprint density at radius 1 is 1.09 bits per heavy atom. The maximum absolute atomic E-state index is 13.3. The lowest BCUT2D eigenvalue weighted by atomic mass is 10.1. The van der Waals surface area contributed by atoms with Crippen molar-refractivity contribution in [2.24, 2.45) is 5.10 Å². The second-order valence-corrected chi connectivity index (χ2v) is 9.89. The molecule has 0 spiro atoms. The van der Waals surface area contributed by atoms with Crippen LogP contribution in [0.2, 0.25) is 5.02 Å². The number of aryl methyl sites for hydroxylation is 1. The van der Waals surface area contributed by atoms with Gasteiger partial charge < -0.3 is 4.74 Å². The Kier molecular flexibility index (Phi) is 8.81. The van der Waals surface area contributed by atoms with Gasteiger partial charge in [0.05, 0.1) is 24.3 Å². The highest BCUT2D eigenvalue weighted by atomic mass is 35.5. The van der Waals surface area contributed by atoms with E-state index in [1.807, 2.05) is 38.1 Å². The number of sulfonamides is 1. The van der Waals surface area contributed by atoms with E-state index in [4.69, 9.17) is 16.3 Å². The number of rotatable bonds is 10. The Labute approximate surface area is 205 Å². The van der Waals surface area contributed by atoms with Gasteiger partial charge in [-0.3, -0.25) is 4.79 Å². The Bertz CT molecular complexity index is 1240. The summed E-state index contributed by atoms with van der Waals surface area (Å²) in [5.74, 6) is 0.176. The number of ether oxygens (including phenoxy) is 1. The number of amides is 1. The first-order chi connectivity index (χ1) is 16.3. The minimum Gasteiger partial charge on any atom is -0.494 e. The summed E-state index contributed by atoms with van der Waals surface area (Å²) in [6, 6.07) is 20.5. The quantitative estimate of drug-likeness (QED) is 0.331. The van der Waals surface area contributed by atoms with Gasteiger partial charge in [-0.15, -0.1) is 0 Å². The van der Waals surface area contributed by atoms with Crippen molar-refractivity contribution < 1.29 is 17.9 Å². The van der Waals surface area contributed by atoms with Crippen LogP contribution >= 0.6 is 11.6 Å². The van der Waals surface area contributed by atoms with Crippen molar-refractivity contribution in [3.05, 3.63) is 94.5 Å². The Hall–Kier alpha value is -3.20. The number of hydrogen-bond acceptors (Lipinski definition) is 5. The van der Waals surface area contributed by atoms with E-state index in [1.54, 1.807) is 24.3 Å². The van der Waals surface area contributed by atoms with Gasteiger partial charge in [0, 0.05) is 11.6 Å². The van der Waals surface area contributed by atoms with Gasteiger partial charge in [0.25, 0.3) is 5.91 Å². The molecule has 7 nitrogen and oxygen atoms in total. The first kappa shape index (κ1) is 25.4. The molecule has 0 aromatic heterocycles. The average Bonchev–Trinajstić information content (AvgIpc) is 2.80. The van der Waals surface area contributed by atoms with Gasteiger partial charge in [0.2, 0.25) is 10.0 Å². The van der Waals surface area contributed by atoms with Crippen LogP contribution < -0.4 is 10.2 Å². The molecule has 178 valence electrons. The lowest BCUT2D eigenvalue weighted by Crippen LogP contribution is -2.39. The van der Waals surface area contributed by atoms with Gasteiger partial charge in [-0.25, -0.2) is 13.8 Å². The minimum absolute atomic E-state index is 0.0304. The van der Waals surface area contributed by atoms with Crippen molar-refractivity contribution in [2.75, 3.05) is 13.2 Å². The number of hydrogen-bond donors (Lipinski definition) is 1. The highest BCUT2D eigenvalue weighted by Gasteiger charge is 2.27. The highest BCUT2D eigenvalue weighted by Crippen LogP contribution is 2.21. The van der Waals surface area contributed by atoms with Crippen LogP contribution in [0.25, 0.3) is 0 Å². The first-order valence-electron chi connectivity index (χ1n) is 10.6. The number of benzene rings is 3. The molecule has 0 aliphatic heterocycles.